The summed E-state index contributed by atoms with van der Waals surface area (Å²) in [6.07, 6.45) is 5.35. The van der Waals surface area contributed by atoms with Crippen molar-refractivity contribution in [3.8, 4) is 0 Å². The first-order valence-electron chi connectivity index (χ1n) is 4.02. The molecule has 66 valence electrons. The molecular formula is C9H13ClN2. The lowest BCUT2D eigenvalue weighted by molar-refractivity contribution is 0.801. The Labute approximate surface area is 77.8 Å². The quantitative estimate of drug-likeness (QED) is 0.732. The van der Waals surface area contributed by atoms with Crippen LogP contribution in [0.3, 0.4) is 0 Å². The number of nitrogen functional groups attached to an aromatic ring is 1. The van der Waals surface area contributed by atoms with Gasteiger partial charge in [0.05, 0.1) is 0 Å². The predicted octanol–water partition coefficient (Wildman–Crippen LogP) is 2.22. The Morgan fingerprint density at radius 1 is 1.67 bits per heavy atom. The molecule has 0 aliphatic rings. The van der Waals surface area contributed by atoms with Crippen molar-refractivity contribution >= 4 is 17.3 Å². The van der Waals surface area contributed by atoms with Gasteiger partial charge in [0.15, 0.2) is 0 Å². The van der Waals surface area contributed by atoms with Gasteiger partial charge in [-0.25, -0.2) is 0 Å². The summed E-state index contributed by atoms with van der Waals surface area (Å²) in [7, 11) is 0. The minimum atomic E-state index is 0.199. The number of alkyl halides is 1. The van der Waals surface area contributed by atoms with Crippen molar-refractivity contribution in [3.63, 3.8) is 0 Å². The molecule has 0 saturated carbocycles. The van der Waals surface area contributed by atoms with Crippen LogP contribution in [0.4, 0.5) is 5.69 Å². The van der Waals surface area contributed by atoms with Crippen LogP contribution >= 0.6 is 11.6 Å². The largest absolute Gasteiger partial charge is 0.398 e. The summed E-state index contributed by atoms with van der Waals surface area (Å²) in [5, 5.41) is 0.199. The number of hydrogen-bond acceptors (Lipinski definition) is 2. The molecule has 0 saturated heterocycles. The predicted molar refractivity (Wildman–Crippen MR) is 52.3 cm³/mol. The fourth-order valence-electron chi connectivity index (χ4n) is 1.00. The molecule has 1 aromatic rings. The molecule has 3 heteroatoms. The molecule has 0 radical (unpaired) electrons. The molecule has 2 nitrogen and oxygen atoms in total. The SMILES string of the molecule is CC(Cl)CCc1cnccc1N. The van der Waals surface area contributed by atoms with Crippen molar-refractivity contribution in [1.29, 1.82) is 0 Å². The number of nitrogens with zero attached hydrogens (tertiary/aromatic N) is 1. The average Bonchev–Trinajstić information content (AvgIpc) is 2.03. The van der Waals surface area contributed by atoms with Crippen LogP contribution in [-0.4, -0.2) is 10.4 Å². The van der Waals surface area contributed by atoms with E-state index in [0.29, 0.717) is 0 Å². The summed E-state index contributed by atoms with van der Waals surface area (Å²) < 4.78 is 0. The molecule has 1 unspecified atom stereocenters. The first-order chi connectivity index (χ1) is 5.70. The van der Waals surface area contributed by atoms with Crippen LogP contribution in [0.25, 0.3) is 0 Å². The van der Waals surface area contributed by atoms with Gasteiger partial charge < -0.3 is 5.73 Å². The summed E-state index contributed by atoms with van der Waals surface area (Å²) in [6.45, 7) is 1.98. The molecule has 0 aromatic carbocycles. The summed E-state index contributed by atoms with van der Waals surface area (Å²) in [4.78, 5) is 4.00. The number of nitrogens with two attached hydrogens (primary N) is 1. The molecule has 1 atom stereocenters. The van der Waals surface area contributed by atoms with Crippen molar-refractivity contribution in [2.45, 2.75) is 25.1 Å². The summed E-state index contributed by atoms with van der Waals surface area (Å²) in [5.74, 6) is 0. The zero-order valence-corrected chi connectivity index (χ0v) is 7.88. The minimum absolute atomic E-state index is 0.199. The van der Waals surface area contributed by atoms with Gasteiger partial charge in [-0.3, -0.25) is 4.98 Å². The fourth-order valence-corrected chi connectivity index (χ4v) is 1.11. The van der Waals surface area contributed by atoms with Crippen LogP contribution < -0.4 is 5.73 Å². The Morgan fingerprint density at radius 3 is 3.00 bits per heavy atom. The number of hydrogen-bond donors (Lipinski definition) is 1. The lowest BCUT2D eigenvalue weighted by atomic mass is 10.1. The van der Waals surface area contributed by atoms with Crippen LogP contribution in [-0.2, 0) is 6.42 Å². The van der Waals surface area contributed by atoms with Crippen LogP contribution in [0, 0.1) is 0 Å². The second-order valence-corrected chi connectivity index (χ2v) is 3.64. The second kappa shape index (κ2) is 4.31. The summed E-state index contributed by atoms with van der Waals surface area (Å²) in [5.41, 5.74) is 7.62. The number of aromatic nitrogens is 1. The Morgan fingerprint density at radius 2 is 2.42 bits per heavy atom. The molecule has 0 bridgehead atoms. The van der Waals surface area contributed by atoms with E-state index in [-0.39, 0.29) is 5.38 Å². The van der Waals surface area contributed by atoms with Gasteiger partial charge in [-0.1, -0.05) is 0 Å². The van der Waals surface area contributed by atoms with E-state index in [1.807, 2.05) is 13.0 Å². The summed E-state index contributed by atoms with van der Waals surface area (Å²) >= 11 is 5.82. The smallest absolute Gasteiger partial charge is 0.0377 e. The molecule has 1 aromatic heterocycles. The number of halogens is 1. The molecule has 1 heterocycles. The van der Waals surface area contributed by atoms with E-state index in [4.69, 9.17) is 17.3 Å². The number of anilines is 1. The van der Waals surface area contributed by atoms with Crippen LogP contribution in [0.2, 0.25) is 0 Å². The van der Waals surface area contributed by atoms with E-state index in [1.54, 1.807) is 12.4 Å². The van der Waals surface area contributed by atoms with Crippen molar-refractivity contribution in [3.05, 3.63) is 24.0 Å². The van der Waals surface area contributed by atoms with E-state index in [1.165, 1.54) is 0 Å². The lowest BCUT2D eigenvalue weighted by Gasteiger charge is -2.04. The minimum Gasteiger partial charge on any atom is -0.398 e. The lowest BCUT2D eigenvalue weighted by Crippen LogP contribution is -1.99. The molecule has 0 amide bonds. The third-order valence-corrected chi connectivity index (χ3v) is 1.97. The van der Waals surface area contributed by atoms with E-state index in [9.17, 15) is 0 Å². The average molecular weight is 185 g/mol. The van der Waals surface area contributed by atoms with Gasteiger partial charge in [-0.15, -0.1) is 11.6 Å². The first-order valence-corrected chi connectivity index (χ1v) is 4.46. The highest BCUT2D eigenvalue weighted by Gasteiger charge is 2.01. The number of aryl methyl sites for hydroxylation is 1. The highest BCUT2D eigenvalue weighted by molar-refractivity contribution is 6.20. The van der Waals surface area contributed by atoms with E-state index >= 15 is 0 Å². The molecule has 0 fully saturated rings. The van der Waals surface area contributed by atoms with Crippen molar-refractivity contribution in [1.82, 2.24) is 4.98 Å². The van der Waals surface area contributed by atoms with Gasteiger partial charge in [0.25, 0.3) is 0 Å². The monoisotopic (exact) mass is 184 g/mol. The number of pyridine rings is 1. The zero-order chi connectivity index (χ0) is 8.97. The van der Waals surface area contributed by atoms with E-state index in [0.717, 1.165) is 24.1 Å². The third kappa shape index (κ3) is 2.70. The molecule has 1 rings (SSSR count). The standard InChI is InChI=1S/C9H13ClN2/c1-7(10)2-3-8-6-12-5-4-9(8)11/h4-7H,2-3H2,1H3,(H2,11,12). The van der Waals surface area contributed by atoms with Gasteiger partial charge in [-0.2, -0.15) is 0 Å². The molecule has 2 N–H and O–H groups in total. The van der Waals surface area contributed by atoms with Crippen LogP contribution in [0.5, 0.6) is 0 Å². The van der Waals surface area contributed by atoms with Gasteiger partial charge in [-0.05, 0) is 31.4 Å². The Hall–Kier alpha value is -0.760. The maximum Gasteiger partial charge on any atom is 0.0377 e. The zero-order valence-electron chi connectivity index (χ0n) is 7.13. The van der Waals surface area contributed by atoms with Gasteiger partial charge in [0.2, 0.25) is 0 Å². The Balaban J connectivity index is 2.57. The summed E-state index contributed by atoms with van der Waals surface area (Å²) in [6, 6.07) is 1.81. The fraction of sp³-hybridized carbons (Fsp3) is 0.444. The van der Waals surface area contributed by atoms with Gasteiger partial charge >= 0.3 is 0 Å². The van der Waals surface area contributed by atoms with Crippen molar-refractivity contribution in [2.75, 3.05) is 5.73 Å². The van der Waals surface area contributed by atoms with Crippen molar-refractivity contribution in [2.24, 2.45) is 0 Å². The van der Waals surface area contributed by atoms with E-state index < -0.39 is 0 Å². The van der Waals surface area contributed by atoms with Crippen molar-refractivity contribution < 1.29 is 0 Å². The topological polar surface area (TPSA) is 38.9 Å². The van der Waals surface area contributed by atoms with Crippen LogP contribution in [0.15, 0.2) is 18.5 Å². The Kier molecular flexibility index (Phi) is 3.35. The second-order valence-electron chi connectivity index (χ2n) is 2.89. The van der Waals surface area contributed by atoms with Gasteiger partial charge in [0.1, 0.15) is 0 Å². The molecular weight excluding hydrogens is 172 g/mol. The maximum absolute atomic E-state index is 5.82. The Bertz CT molecular complexity index is 248. The number of rotatable bonds is 3. The first kappa shape index (κ1) is 9.33. The molecule has 0 aliphatic carbocycles. The maximum atomic E-state index is 5.82. The normalized spacial score (nSPS) is 12.8. The van der Waals surface area contributed by atoms with Crippen LogP contribution in [0.1, 0.15) is 18.9 Å². The molecule has 0 aliphatic heterocycles. The molecule has 12 heavy (non-hydrogen) atoms. The van der Waals surface area contributed by atoms with Gasteiger partial charge in [0, 0.05) is 23.5 Å². The van der Waals surface area contributed by atoms with E-state index in [2.05, 4.69) is 4.98 Å². The molecule has 0 spiro atoms. The highest BCUT2D eigenvalue weighted by Crippen LogP contribution is 2.13. The third-order valence-electron chi connectivity index (χ3n) is 1.75. The highest BCUT2D eigenvalue weighted by atomic mass is 35.5.